The predicted molar refractivity (Wildman–Crippen MR) is 92.4 cm³/mol. The van der Waals surface area contributed by atoms with Gasteiger partial charge in [0, 0.05) is 5.75 Å². The van der Waals surface area contributed by atoms with Gasteiger partial charge in [-0.15, -0.1) is 0 Å². The highest BCUT2D eigenvalue weighted by Crippen LogP contribution is 2.43. The molecule has 7 nitrogen and oxygen atoms in total. The van der Waals surface area contributed by atoms with Crippen LogP contribution in [0.1, 0.15) is 62.7 Å². The third-order valence-electron chi connectivity index (χ3n) is 5.93. The van der Waals surface area contributed by atoms with E-state index in [-0.39, 0.29) is 23.7 Å². The molecule has 1 aromatic heterocycles. The molecule has 0 spiro atoms. The van der Waals surface area contributed by atoms with Crippen LogP contribution in [0.25, 0.3) is 0 Å². The smallest absolute Gasteiger partial charge is 0.250 e. The number of fused-ring (bicyclic) bond motifs is 1. The number of hydrogen-bond donors (Lipinski definition) is 1. The summed E-state index contributed by atoms with van der Waals surface area (Å²) in [5.41, 5.74) is 5.76. The van der Waals surface area contributed by atoms with Gasteiger partial charge in [0.25, 0.3) is 5.89 Å². The Morgan fingerprint density at radius 3 is 2.40 bits per heavy atom. The molecule has 0 aromatic carbocycles. The number of carbonyl (C=O) groups excluding carboxylic acids is 2. The molecule has 3 aliphatic rings. The molecule has 0 radical (unpaired) electrons. The number of rotatable bonds is 5. The van der Waals surface area contributed by atoms with Crippen LogP contribution >= 0.6 is 11.8 Å². The monoisotopic (exact) mass is 364 g/mol. The Labute approximate surface area is 151 Å². The average Bonchev–Trinajstić information content (AvgIpc) is 3.17. The van der Waals surface area contributed by atoms with Gasteiger partial charge in [0.1, 0.15) is 6.04 Å². The second-order valence-corrected chi connectivity index (χ2v) is 8.39. The van der Waals surface area contributed by atoms with Gasteiger partial charge in [-0.25, -0.2) is 0 Å². The minimum absolute atomic E-state index is 0.0698. The van der Waals surface area contributed by atoms with Gasteiger partial charge < -0.3 is 10.3 Å². The number of nitrogens with zero attached hydrogens (tertiary/aromatic N) is 3. The summed E-state index contributed by atoms with van der Waals surface area (Å²) in [4.78, 5) is 31.7. The first-order valence-corrected chi connectivity index (χ1v) is 10.4. The fraction of sp³-hybridized carbons (Fsp3) is 0.765. The maximum Gasteiger partial charge on any atom is 0.250 e. The van der Waals surface area contributed by atoms with Crippen LogP contribution in [0.15, 0.2) is 4.52 Å². The zero-order chi connectivity index (χ0) is 17.6. The number of carbonyl (C=O) groups is 2. The normalized spacial score (nSPS) is 29.4. The van der Waals surface area contributed by atoms with Gasteiger partial charge in [-0.1, -0.05) is 18.0 Å². The molecule has 4 rings (SSSR count). The van der Waals surface area contributed by atoms with Crippen LogP contribution in [-0.4, -0.2) is 38.9 Å². The van der Waals surface area contributed by atoms with E-state index in [2.05, 4.69) is 10.1 Å². The van der Waals surface area contributed by atoms with E-state index >= 15 is 0 Å². The second-order valence-electron chi connectivity index (χ2n) is 7.48. The van der Waals surface area contributed by atoms with Crippen LogP contribution in [0.3, 0.4) is 0 Å². The molecule has 2 aliphatic carbocycles. The van der Waals surface area contributed by atoms with Gasteiger partial charge >= 0.3 is 0 Å². The molecule has 2 N–H and O–H groups in total. The Bertz CT molecular complexity index is 663. The number of thioether (sulfide) groups is 1. The van der Waals surface area contributed by atoms with E-state index in [0.29, 0.717) is 17.5 Å². The maximum absolute atomic E-state index is 12.9. The van der Waals surface area contributed by atoms with Gasteiger partial charge in [0.2, 0.25) is 11.8 Å². The standard InChI is InChI=1S/C17H24N4O3S/c1-25-9-12(13-19-16(20-24-13)17(18)7-4-8-17)21-14(22)10-5-2-3-6-11(10)15(21)23/h10-12H,2-9,18H2,1H3. The zero-order valence-corrected chi connectivity index (χ0v) is 15.3. The van der Waals surface area contributed by atoms with Gasteiger partial charge in [-0.3, -0.25) is 14.5 Å². The van der Waals surface area contributed by atoms with Crippen molar-refractivity contribution in [2.75, 3.05) is 12.0 Å². The Morgan fingerprint density at radius 2 is 1.88 bits per heavy atom. The summed E-state index contributed by atoms with van der Waals surface area (Å²) >= 11 is 1.56. The third kappa shape index (κ3) is 2.70. The van der Waals surface area contributed by atoms with E-state index in [1.165, 1.54) is 4.90 Å². The van der Waals surface area contributed by atoms with Crippen molar-refractivity contribution in [3.63, 3.8) is 0 Å². The molecule has 3 unspecified atom stereocenters. The lowest BCUT2D eigenvalue weighted by Gasteiger charge is -2.34. The van der Waals surface area contributed by atoms with Crippen LogP contribution in [0.5, 0.6) is 0 Å². The number of amides is 2. The summed E-state index contributed by atoms with van der Waals surface area (Å²) in [6, 6.07) is -0.495. The largest absolute Gasteiger partial charge is 0.337 e. The van der Waals surface area contributed by atoms with E-state index in [4.69, 9.17) is 10.3 Å². The molecule has 0 bridgehead atoms. The fourth-order valence-corrected chi connectivity index (χ4v) is 4.87. The summed E-state index contributed by atoms with van der Waals surface area (Å²) in [5.74, 6) is 0.911. The molecular formula is C17H24N4O3S. The quantitative estimate of drug-likeness (QED) is 0.797. The fourth-order valence-electron chi connectivity index (χ4n) is 4.26. The van der Waals surface area contributed by atoms with E-state index in [9.17, 15) is 9.59 Å². The Balaban J connectivity index is 1.63. The van der Waals surface area contributed by atoms with E-state index in [1.807, 2.05) is 6.26 Å². The number of aromatic nitrogens is 2. The molecule has 2 amide bonds. The van der Waals surface area contributed by atoms with Gasteiger partial charge in [-0.05, 0) is 38.4 Å². The molecule has 3 atom stereocenters. The van der Waals surface area contributed by atoms with E-state index < -0.39 is 11.6 Å². The van der Waals surface area contributed by atoms with E-state index in [1.54, 1.807) is 11.8 Å². The number of nitrogens with two attached hydrogens (primary N) is 1. The molecule has 3 fully saturated rings. The Morgan fingerprint density at radius 1 is 1.24 bits per heavy atom. The van der Waals surface area contributed by atoms with Crippen molar-refractivity contribution in [3.05, 3.63) is 11.7 Å². The zero-order valence-electron chi connectivity index (χ0n) is 14.4. The summed E-state index contributed by atoms with van der Waals surface area (Å²) < 4.78 is 5.46. The molecule has 25 heavy (non-hydrogen) atoms. The van der Waals surface area contributed by atoms with Crippen molar-refractivity contribution in [2.24, 2.45) is 17.6 Å². The maximum atomic E-state index is 12.9. The SMILES string of the molecule is CSCC(c1nc(C2(N)CCC2)no1)N1C(=O)C2CCCCC2C1=O. The summed E-state index contributed by atoms with van der Waals surface area (Å²) in [6.45, 7) is 0. The van der Waals surface area contributed by atoms with Crippen molar-refractivity contribution in [1.82, 2.24) is 15.0 Å². The molecule has 2 saturated carbocycles. The van der Waals surface area contributed by atoms with Crippen molar-refractivity contribution < 1.29 is 14.1 Å². The summed E-state index contributed by atoms with van der Waals surface area (Å²) in [7, 11) is 0. The van der Waals surface area contributed by atoms with Crippen molar-refractivity contribution in [2.45, 2.75) is 56.5 Å². The minimum atomic E-state index is -0.515. The molecular weight excluding hydrogens is 340 g/mol. The predicted octanol–water partition coefficient (Wildman–Crippen LogP) is 1.99. The third-order valence-corrected chi connectivity index (χ3v) is 6.58. The van der Waals surface area contributed by atoms with Gasteiger partial charge in [-0.2, -0.15) is 16.7 Å². The topological polar surface area (TPSA) is 102 Å². The lowest BCUT2D eigenvalue weighted by Crippen LogP contribution is -2.44. The van der Waals surface area contributed by atoms with Gasteiger partial charge in [0.15, 0.2) is 5.82 Å². The molecule has 1 aliphatic heterocycles. The lowest BCUT2D eigenvalue weighted by atomic mass is 9.77. The number of hydrogen-bond acceptors (Lipinski definition) is 7. The van der Waals surface area contributed by atoms with Crippen LogP contribution in [0, 0.1) is 11.8 Å². The molecule has 8 heteroatoms. The van der Waals surface area contributed by atoms with Crippen LogP contribution in [0.4, 0.5) is 0 Å². The van der Waals surface area contributed by atoms with E-state index in [0.717, 1.165) is 44.9 Å². The van der Waals surface area contributed by atoms with Crippen LogP contribution < -0.4 is 5.73 Å². The van der Waals surface area contributed by atoms with Crippen LogP contribution in [-0.2, 0) is 15.1 Å². The van der Waals surface area contributed by atoms with Crippen molar-refractivity contribution in [1.29, 1.82) is 0 Å². The van der Waals surface area contributed by atoms with Crippen LogP contribution in [0.2, 0.25) is 0 Å². The minimum Gasteiger partial charge on any atom is -0.337 e. The average molecular weight is 364 g/mol. The molecule has 2 heterocycles. The number of likely N-dealkylation sites (tertiary alicyclic amines) is 1. The highest BCUT2D eigenvalue weighted by Gasteiger charge is 2.52. The van der Waals surface area contributed by atoms with Crippen molar-refractivity contribution in [3.8, 4) is 0 Å². The summed E-state index contributed by atoms with van der Waals surface area (Å²) in [6.07, 6.45) is 8.32. The lowest BCUT2D eigenvalue weighted by molar-refractivity contribution is -0.142. The first-order valence-electron chi connectivity index (χ1n) is 9.04. The first kappa shape index (κ1) is 17.0. The van der Waals surface area contributed by atoms with Gasteiger partial charge in [0.05, 0.1) is 17.4 Å². The Kier molecular flexibility index (Phi) is 4.35. The van der Waals surface area contributed by atoms with Crippen molar-refractivity contribution >= 4 is 23.6 Å². The molecule has 1 aromatic rings. The molecule has 1 saturated heterocycles. The Hall–Kier alpha value is -1.41. The summed E-state index contributed by atoms with van der Waals surface area (Å²) in [5, 5.41) is 4.06. The highest BCUT2D eigenvalue weighted by atomic mass is 32.2. The molecule has 136 valence electrons. The number of imide groups is 1. The second kappa shape index (κ2) is 6.39. The first-order chi connectivity index (χ1) is 12.0. The highest BCUT2D eigenvalue weighted by molar-refractivity contribution is 7.98.